The first-order valence-corrected chi connectivity index (χ1v) is 8.15. The number of amides is 2. The van der Waals surface area contributed by atoms with Gasteiger partial charge < -0.3 is 10.2 Å². The van der Waals surface area contributed by atoms with Crippen molar-refractivity contribution >= 4 is 11.8 Å². The van der Waals surface area contributed by atoms with Crippen LogP contribution in [0.1, 0.15) is 49.9 Å². The summed E-state index contributed by atoms with van der Waals surface area (Å²) in [7, 11) is 0. The number of nitrogens with zero attached hydrogens (tertiary/aromatic N) is 2. The van der Waals surface area contributed by atoms with Gasteiger partial charge >= 0.3 is 0 Å². The van der Waals surface area contributed by atoms with Crippen molar-refractivity contribution in [2.75, 3.05) is 13.1 Å². The first kappa shape index (κ1) is 16.5. The van der Waals surface area contributed by atoms with Gasteiger partial charge in [0.05, 0.1) is 0 Å². The van der Waals surface area contributed by atoms with Gasteiger partial charge in [0, 0.05) is 43.0 Å². The van der Waals surface area contributed by atoms with Crippen LogP contribution in [0.2, 0.25) is 0 Å². The third-order valence-corrected chi connectivity index (χ3v) is 4.42. The van der Waals surface area contributed by atoms with Gasteiger partial charge in [-0.25, -0.2) is 0 Å². The molecule has 120 valence electrons. The molecule has 2 heterocycles. The lowest BCUT2D eigenvalue weighted by atomic mass is 9.98. The lowest BCUT2D eigenvalue weighted by molar-refractivity contribution is -0.136. The third kappa shape index (κ3) is 4.06. The number of carbonyl (C=O) groups excluding carboxylic acids is 2. The van der Waals surface area contributed by atoms with Crippen LogP contribution in [0.3, 0.4) is 0 Å². The highest BCUT2D eigenvalue weighted by Crippen LogP contribution is 2.17. The summed E-state index contributed by atoms with van der Waals surface area (Å²) in [5.41, 5.74) is 0.630. The van der Waals surface area contributed by atoms with Crippen LogP contribution in [0.25, 0.3) is 0 Å². The third-order valence-electron chi connectivity index (χ3n) is 4.42. The summed E-state index contributed by atoms with van der Waals surface area (Å²) in [4.78, 5) is 30.3. The zero-order valence-corrected chi connectivity index (χ0v) is 13.4. The first-order chi connectivity index (χ1) is 10.7. The quantitative estimate of drug-likeness (QED) is 0.907. The van der Waals surface area contributed by atoms with E-state index in [1.54, 1.807) is 24.5 Å². The molecule has 0 saturated carbocycles. The molecule has 5 nitrogen and oxygen atoms in total. The van der Waals surface area contributed by atoms with E-state index in [0.29, 0.717) is 5.56 Å². The van der Waals surface area contributed by atoms with E-state index in [1.807, 2.05) is 4.90 Å². The molecule has 0 aromatic carbocycles. The molecule has 0 spiro atoms. The zero-order chi connectivity index (χ0) is 15.9. The summed E-state index contributed by atoms with van der Waals surface area (Å²) in [6.45, 7) is 5.59. The molecule has 1 fully saturated rings. The van der Waals surface area contributed by atoms with Crippen LogP contribution in [-0.4, -0.2) is 40.8 Å². The van der Waals surface area contributed by atoms with Gasteiger partial charge in [-0.3, -0.25) is 14.6 Å². The van der Waals surface area contributed by atoms with Crippen molar-refractivity contribution < 1.29 is 9.59 Å². The molecule has 1 aromatic rings. The molecule has 0 unspecified atom stereocenters. The van der Waals surface area contributed by atoms with E-state index in [4.69, 9.17) is 0 Å². The highest BCUT2D eigenvalue weighted by Gasteiger charge is 2.27. The summed E-state index contributed by atoms with van der Waals surface area (Å²) in [5, 5.41) is 3.05. The van der Waals surface area contributed by atoms with Crippen molar-refractivity contribution in [1.29, 1.82) is 0 Å². The monoisotopic (exact) mass is 303 g/mol. The molecule has 22 heavy (non-hydrogen) atoms. The fourth-order valence-corrected chi connectivity index (χ4v) is 2.91. The summed E-state index contributed by atoms with van der Waals surface area (Å²) in [6, 6.07) is 3.56. The fourth-order valence-electron chi connectivity index (χ4n) is 2.91. The van der Waals surface area contributed by atoms with E-state index in [1.165, 1.54) is 0 Å². The molecular formula is C17H25N3O2. The minimum Gasteiger partial charge on any atom is -0.349 e. The van der Waals surface area contributed by atoms with E-state index >= 15 is 0 Å². The summed E-state index contributed by atoms with van der Waals surface area (Å²) in [6.07, 6.45) is 6.67. The number of rotatable bonds is 5. The molecule has 1 aliphatic rings. The maximum atomic E-state index is 12.3. The van der Waals surface area contributed by atoms with Crippen LogP contribution in [0, 0.1) is 5.92 Å². The van der Waals surface area contributed by atoms with Gasteiger partial charge in [0.2, 0.25) is 5.91 Å². The smallest absolute Gasteiger partial charge is 0.251 e. The molecule has 1 aromatic heterocycles. The molecule has 2 amide bonds. The minimum atomic E-state index is -0.0628. The second kappa shape index (κ2) is 7.92. The van der Waals surface area contributed by atoms with Crippen LogP contribution < -0.4 is 5.32 Å². The van der Waals surface area contributed by atoms with Gasteiger partial charge in [-0.2, -0.15) is 0 Å². The predicted molar refractivity (Wildman–Crippen MR) is 85.4 cm³/mol. The summed E-state index contributed by atoms with van der Waals surface area (Å²) < 4.78 is 0. The van der Waals surface area contributed by atoms with Crippen LogP contribution in [-0.2, 0) is 4.79 Å². The number of aromatic nitrogens is 1. The average Bonchev–Trinajstić information content (AvgIpc) is 2.57. The molecule has 2 rings (SSSR count). The summed E-state index contributed by atoms with van der Waals surface area (Å²) >= 11 is 0. The van der Waals surface area contributed by atoms with Crippen molar-refractivity contribution in [3.8, 4) is 0 Å². The minimum absolute atomic E-state index is 0.0628. The number of likely N-dealkylation sites (tertiary alicyclic amines) is 1. The molecular weight excluding hydrogens is 278 g/mol. The lowest BCUT2D eigenvalue weighted by Gasteiger charge is -2.34. The number of piperidine rings is 1. The Morgan fingerprint density at radius 2 is 1.82 bits per heavy atom. The Labute approximate surface area is 132 Å². The Bertz CT molecular complexity index is 492. The standard InChI is InChI=1S/C17H25N3O2/c1-3-13(4-2)17(22)20-11-7-15(8-12-20)19-16(21)14-5-9-18-10-6-14/h5-6,9-10,13,15H,3-4,7-8,11-12H2,1-2H3,(H,19,21). The number of hydrogen-bond acceptors (Lipinski definition) is 3. The molecule has 0 radical (unpaired) electrons. The molecule has 1 aliphatic heterocycles. The van der Waals surface area contributed by atoms with Crippen LogP contribution in [0.4, 0.5) is 0 Å². The summed E-state index contributed by atoms with van der Waals surface area (Å²) in [5.74, 6) is 0.346. The van der Waals surface area contributed by atoms with Crippen LogP contribution in [0.15, 0.2) is 24.5 Å². The second-order valence-electron chi connectivity index (χ2n) is 5.82. The normalized spacial score (nSPS) is 15.9. The first-order valence-electron chi connectivity index (χ1n) is 8.15. The number of nitrogens with one attached hydrogen (secondary N) is 1. The largest absolute Gasteiger partial charge is 0.349 e. The predicted octanol–water partition coefficient (Wildman–Crippen LogP) is 2.24. The SMILES string of the molecule is CCC(CC)C(=O)N1CCC(NC(=O)c2ccncc2)CC1. The lowest BCUT2D eigenvalue weighted by Crippen LogP contribution is -2.48. The number of carbonyl (C=O) groups is 2. The Morgan fingerprint density at radius 1 is 1.23 bits per heavy atom. The van der Waals surface area contributed by atoms with Gasteiger partial charge in [-0.05, 0) is 37.8 Å². The van der Waals surface area contributed by atoms with Crippen LogP contribution in [0.5, 0.6) is 0 Å². The maximum absolute atomic E-state index is 12.3. The topological polar surface area (TPSA) is 62.3 Å². The van der Waals surface area contributed by atoms with Crippen LogP contribution >= 0.6 is 0 Å². The van der Waals surface area contributed by atoms with Gasteiger partial charge in [-0.15, -0.1) is 0 Å². The molecule has 1 saturated heterocycles. The molecule has 0 atom stereocenters. The fraction of sp³-hybridized carbons (Fsp3) is 0.588. The molecule has 5 heteroatoms. The zero-order valence-electron chi connectivity index (χ0n) is 13.4. The number of hydrogen-bond donors (Lipinski definition) is 1. The Hall–Kier alpha value is -1.91. The van der Waals surface area contributed by atoms with Crippen molar-refractivity contribution in [2.45, 2.75) is 45.6 Å². The maximum Gasteiger partial charge on any atom is 0.251 e. The van der Waals surface area contributed by atoms with Gasteiger partial charge in [0.25, 0.3) is 5.91 Å². The van der Waals surface area contributed by atoms with Crippen molar-refractivity contribution in [1.82, 2.24) is 15.2 Å². The van der Waals surface area contributed by atoms with E-state index in [2.05, 4.69) is 24.1 Å². The highest BCUT2D eigenvalue weighted by molar-refractivity contribution is 5.94. The van der Waals surface area contributed by atoms with Crippen molar-refractivity contribution in [3.63, 3.8) is 0 Å². The number of pyridine rings is 1. The van der Waals surface area contributed by atoms with Gasteiger partial charge in [0.15, 0.2) is 0 Å². The van der Waals surface area contributed by atoms with Crippen molar-refractivity contribution in [2.24, 2.45) is 5.92 Å². The van der Waals surface area contributed by atoms with Crippen molar-refractivity contribution in [3.05, 3.63) is 30.1 Å². The Kier molecular flexibility index (Phi) is 5.92. The molecule has 0 aliphatic carbocycles. The van der Waals surface area contributed by atoms with E-state index in [9.17, 15) is 9.59 Å². The highest BCUT2D eigenvalue weighted by atomic mass is 16.2. The average molecular weight is 303 g/mol. The second-order valence-corrected chi connectivity index (χ2v) is 5.82. The van der Waals surface area contributed by atoms with E-state index in [-0.39, 0.29) is 23.8 Å². The Morgan fingerprint density at radius 3 is 2.36 bits per heavy atom. The molecule has 1 N–H and O–H groups in total. The molecule has 0 bridgehead atoms. The van der Waals surface area contributed by atoms with Gasteiger partial charge in [0.1, 0.15) is 0 Å². The van der Waals surface area contributed by atoms with E-state index in [0.717, 1.165) is 38.8 Å². The van der Waals surface area contributed by atoms with E-state index < -0.39 is 0 Å². The van der Waals surface area contributed by atoms with Gasteiger partial charge in [-0.1, -0.05) is 13.8 Å². The Balaban J connectivity index is 1.82.